The zero-order valence-electron chi connectivity index (χ0n) is 15.3. The summed E-state index contributed by atoms with van der Waals surface area (Å²) in [6, 6.07) is 7.04. The van der Waals surface area contributed by atoms with Gasteiger partial charge in [-0.15, -0.1) is 12.4 Å². The van der Waals surface area contributed by atoms with Crippen LogP contribution in [-0.4, -0.2) is 41.8 Å². The number of rotatable bonds is 5. The third kappa shape index (κ3) is 5.21. The number of nitrogens with zero attached hydrogens (tertiary/aromatic N) is 2. The lowest BCUT2D eigenvalue weighted by molar-refractivity contribution is -0.114. The largest absolute Gasteiger partial charge is 0.494 e. The van der Waals surface area contributed by atoms with Gasteiger partial charge in [0.1, 0.15) is 5.75 Å². The molecule has 1 unspecified atom stereocenters. The fourth-order valence-corrected chi connectivity index (χ4v) is 2.98. The number of ether oxygens (including phenoxy) is 1. The Morgan fingerprint density at radius 3 is 2.78 bits per heavy atom. The summed E-state index contributed by atoms with van der Waals surface area (Å²) in [5, 5.41) is 13.2. The van der Waals surface area contributed by atoms with Gasteiger partial charge in [-0.1, -0.05) is 0 Å². The van der Waals surface area contributed by atoms with Crippen LogP contribution in [-0.2, 0) is 4.79 Å². The molecule has 0 spiro atoms. The molecule has 1 atom stereocenters. The van der Waals surface area contributed by atoms with Crippen molar-refractivity contribution in [1.82, 2.24) is 15.1 Å². The predicted molar refractivity (Wildman–Crippen MR) is 106 cm³/mol. The Hall–Kier alpha value is -2.58. The van der Waals surface area contributed by atoms with Crippen LogP contribution in [0.2, 0.25) is 0 Å². The van der Waals surface area contributed by atoms with Crippen molar-refractivity contribution in [1.29, 1.82) is 0 Å². The monoisotopic (exact) mass is 393 g/mol. The first-order chi connectivity index (χ1) is 12.6. The molecule has 0 radical (unpaired) electrons. The van der Waals surface area contributed by atoms with Crippen molar-refractivity contribution >= 4 is 35.6 Å². The molecule has 1 aliphatic heterocycles. The van der Waals surface area contributed by atoms with Gasteiger partial charge in [0.2, 0.25) is 5.91 Å². The molecule has 1 saturated heterocycles. The van der Waals surface area contributed by atoms with E-state index >= 15 is 0 Å². The second kappa shape index (κ2) is 9.38. The van der Waals surface area contributed by atoms with E-state index in [0.717, 1.165) is 25.9 Å². The quantitative estimate of drug-likeness (QED) is 0.724. The predicted octanol–water partition coefficient (Wildman–Crippen LogP) is 2.45. The highest BCUT2D eigenvalue weighted by atomic mass is 35.5. The first-order valence-electron chi connectivity index (χ1n) is 8.59. The molecular formula is C18H24ClN5O3. The van der Waals surface area contributed by atoms with Gasteiger partial charge in [0, 0.05) is 31.4 Å². The zero-order chi connectivity index (χ0) is 18.5. The lowest BCUT2D eigenvalue weighted by atomic mass is 10.1. The molecule has 1 aromatic carbocycles. The smallest absolute Gasteiger partial charge is 0.276 e. The molecule has 3 rings (SSSR count). The summed E-state index contributed by atoms with van der Waals surface area (Å²) in [7, 11) is 1.51. The molecule has 2 amide bonds. The van der Waals surface area contributed by atoms with E-state index in [2.05, 4.69) is 21.0 Å². The Balaban J connectivity index is 0.00000261. The van der Waals surface area contributed by atoms with Gasteiger partial charge in [-0.3, -0.25) is 14.3 Å². The van der Waals surface area contributed by atoms with Crippen molar-refractivity contribution in [2.75, 3.05) is 30.8 Å². The van der Waals surface area contributed by atoms with E-state index in [-0.39, 0.29) is 30.3 Å². The third-order valence-corrected chi connectivity index (χ3v) is 4.26. The number of anilines is 2. The number of benzene rings is 1. The Bertz CT molecular complexity index is 802. The molecule has 9 heteroatoms. The van der Waals surface area contributed by atoms with Crippen molar-refractivity contribution in [3.05, 3.63) is 36.2 Å². The van der Waals surface area contributed by atoms with Crippen LogP contribution in [0.3, 0.4) is 0 Å². The standard InChI is InChI=1S/C18H23N5O3.ClH/c1-12(24)20-15-6-5-13(10-17(15)26-2)21-18(25)16-7-9-23(22-16)14-4-3-8-19-11-14;/h5-7,9-10,14,19H,3-4,8,11H2,1-2H3,(H,20,24)(H,21,25);1H. The summed E-state index contributed by atoms with van der Waals surface area (Å²) in [6.07, 6.45) is 4.00. The molecular weight excluding hydrogens is 370 g/mol. The Kier molecular flexibility index (Phi) is 7.20. The van der Waals surface area contributed by atoms with E-state index in [1.807, 2.05) is 10.9 Å². The minimum atomic E-state index is -0.290. The Morgan fingerprint density at radius 2 is 2.11 bits per heavy atom. The summed E-state index contributed by atoms with van der Waals surface area (Å²) in [4.78, 5) is 23.7. The van der Waals surface area contributed by atoms with Crippen LogP contribution >= 0.6 is 12.4 Å². The molecule has 1 aliphatic rings. The third-order valence-electron chi connectivity index (χ3n) is 4.26. The van der Waals surface area contributed by atoms with E-state index in [9.17, 15) is 9.59 Å². The summed E-state index contributed by atoms with van der Waals surface area (Å²) in [6.45, 7) is 3.32. The highest BCUT2D eigenvalue weighted by molar-refractivity contribution is 6.03. The molecule has 2 heterocycles. The van der Waals surface area contributed by atoms with Crippen molar-refractivity contribution in [2.24, 2.45) is 0 Å². The van der Waals surface area contributed by atoms with Crippen LogP contribution in [0.5, 0.6) is 5.75 Å². The molecule has 0 aliphatic carbocycles. The molecule has 146 valence electrons. The van der Waals surface area contributed by atoms with Crippen molar-refractivity contribution < 1.29 is 14.3 Å². The van der Waals surface area contributed by atoms with Gasteiger partial charge in [0.05, 0.1) is 18.8 Å². The first kappa shape index (κ1) is 20.7. The molecule has 2 aromatic rings. The maximum atomic E-state index is 12.5. The highest BCUT2D eigenvalue weighted by Gasteiger charge is 2.18. The van der Waals surface area contributed by atoms with Crippen LogP contribution in [0.1, 0.15) is 36.3 Å². The second-order valence-electron chi connectivity index (χ2n) is 6.23. The maximum absolute atomic E-state index is 12.5. The molecule has 0 saturated carbocycles. The average Bonchev–Trinajstić information content (AvgIpc) is 3.13. The molecule has 1 aromatic heterocycles. The van der Waals surface area contributed by atoms with Crippen LogP contribution in [0.15, 0.2) is 30.5 Å². The van der Waals surface area contributed by atoms with Crippen LogP contribution in [0.4, 0.5) is 11.4 Å². The number of halogens is 1. The Labute approximate surface area is 164 Å². The lowest BCUT2D eigenvalue weighted by Gasteiger charge is -2.22. The maximum Gasteiger partial charge on any atom is 0.276 e. The number of carbonyl (C=O) groups excluding carboxylic acids is 2. The molecule has 27 heavy (non-hydrogen) atoms. The number of piperidine rings is 1. The van der Waals surface area contributed by atoms with Gasteiger partial charge in [0.15, 0.2) is 5.69 Å². The lowest BCUT2D eigenvalue weighted by Crippen LogP contribution is -2.32. The normalized spacial score (nSPS) is 16.1. The minimum absolute atomic E-state index is 0. The molecule has 1 fully saturated rings. The van der Waals surface area contributed by atoms with E-state index in [0.29, 0.717) is 22.8 Å². The van der Waals surface area contributed by atoms with E-state index in [1.54, 1.807) is 24.3 Å². The fourth-order valence-electron chi connectivity index (χ4n) is 2.98. The number of carbonyl (C=O) groups is 2. The topological polar surface area (TPSA) is 97.3 Å². The Morgan fingerprint density at radius 1 is 1.30 bits per heavy atom. The van der Waals surface area contributed by atoms with E-state index in [4.69, 9.17) is 4.74 Å². The average molecular weight is 394 g/mol. The van der Waals surface area contributed by atoms with Gasteiger partial charge in [-0.05, 0) is 37.6 Å². The summed E-state index contributed by atoms with van der Waals surface area (Å²) >= 11 is 0. The first-order valence-corrected chi connectivity index (χ1v) is 8.59. The second-order valence-corrected chi connectivity index (χ2v) is 6.23. The summed E-state index contributed by atoms with van der Waals surface area (Å²) in [5.74, 6) is -0.0125. The van der Waals surface area contributed by atoms with Crippen LogP contribution < -0.4 is 20.7 Å². The van der Waals surface area contributed by atoms with Crippen molar-refractivity contribution in [2.45, 2.75) is 25.8 Å². The van der Waals surface area contributed by atoms with Gasteiger partial charge in [-0.25, -0.2) is 0 Å². The van der Waals surface area contributed by atoms with E-state index in [1.165, 1.54) is 14.0 Å². The molecule has 3 N–H and O–H groups in total. The summed E-state index contributed by atoms with van der Waals surface area (Å²) in [5.41, 5.74) is 1.47. The number of hydrogen-bond acceptors (Lipinski definition) is 5. The number of aromatic nitrogens is 2. The SMILES string of the molecule is COc1cc(NC(=O)c2ccn(C3CCCNC3)n2)ccc1NC(C)=O.Cl. The number of hydrogen-bond donors (Lipinski definition) is 3. The van der Waals surface area contributed by atoms with Crippen LogP contribution in [0, 0.1) is 0 Å². The molecule has 0 bridgehead atoms. The summed E-state index contributed by atoms with van der Waals surface area (Å²) < 4.78 is 7.11. The van der Waals surface area contributed by atoms with E-state index < -0.39 is 0 Å². The van der Waals surface area contributed by atoms with Gasteiger partial charge >= 0.3 is 0 Å². The highest BCUT2D eigenvalue weighted by Crippen LogP contribution is 2.28. The molecule has 8 nitrogen and oxygen atoms in total. The van der Waals surface area contributed by atoms with Crippen molar-refractivity contribution in [3.63, 3.8) is 0 Å². The van der Waals surface area contributed by atoms with Crippen LogP contribution in [0.25, 0.3) is 0 Å². The van der Waals surface area contributed by atoms with Gasteiger partial charge in [0.25, 0.3) is 5.91 Å². The van der Waals surface area contributed by atoms with Crippen molar-refractivity contribution in [3.8, 4) is 5.75 Å². The number of nitrogens with one attached hydrogen (secondary N) is 3. The van der Waals surface area contributed by atoms with Gasteiger partial charge in [-0.2, -0.15) is 5.10 Å². The fraction of sp³-hybridized carbons (Fsp3) is 0.389. The number of methoxy groups -OCH3 is 1. The minimum Gasteiger partial charge on any atom is -0.494 e. The number of amides is 2. The van der Waals surface area contributed by atoms with Gasteiger partial charge < -0.3 is 20.7 Å². The zero-order valence-corrected chi connectivity index (χ0v) is 16.1.